The van der Waals surface area contributed by atoms with Crippen LogP contribution < -0.4 is 10.1 Å². The van der Waals surface area contributed by atoms with Gasteiger partial charge in [-0.3, -0.25) is 0 Å². The fourth-order valence-electron chi connectivity index (χ4n) is 2.62. The summed E-state index contributed by atoms with van der Waals surface area (Å²) in [5.41, 5.74) is 4.75. The normalized spacial score (nSPS) is 12.4. The Morgan fingerprint density at radius 3 is 2.67 bits per heavy atom. The Morgan fingerprint density at radius 1 is 1.33 bits per heavy atom. The van der Waals surface area contributed by atoms with Crippen molar-refractivity contribution in [3.05, 3.63) is 47.0 Å². The van der Waals surface area contributed by atoms with Gasteiger partial charge in [-0.05, 0) is 37.9 Å². The van der Waals surface area contributed by atoms with Crippen LogP contribution in [0.2, 0.25) is 0 Å². The Hall–Kier alpha value is -1.81. The largest absolute Gasteiger partial charge is 0.496 e. The number of rotatable bonds is 6. The van der Waals surface area contributed by atoms with Gasteiger partial charge in [0, 0.05) is 12.6 Å². The highest BCUT2D eigenvalue weighted by Gasteiger charge is 2.21. The lowest BCUT2D eigenvalue weighted by molar-refractivity contribution is 0.399. The number of methoxy groups -OCH3 is 1. The predicted molar refractivity (Wildman–Crippen MR) is 85.8 cm³/mol. The first kappa shape index (κ1) is 15.6. The van der Waals surface area contributed by atoms with Crippen molar-refractivity contribution in [2.75, 3.05) is 13.7 Å². The van der Waals surface area contributed by atoms with Crippen LogP contribution in [0.15, 0.2) is 24.7 Å². The van der Waals surface area contributed by atoms with Gasteiger partial charge in [-0.2, -0.15) is 0 Å². The molecule has 0 aliphatic rings. The smallest absolute Gasteiger partial charge is 0.127 e. The molecule has 2 aromatic rings. The number of nitrogens with one attached hydrogen (secondary N) is 1. The minimum Gasteiger partial charge on any atom is -0.496 e. The van der Waals surface area contributed by atoms with Crippen molar-refractivity contribution in [3.8, 4) is 5.75 Å². The van der Waals surface area contributed by atoms with Crippen molar-refractivity contribution < 1.29 is 4.74 Å². The molecule has 0 spiro atoms. The molecule has 4 nitrogen and oxygen atoms in total. The number of hydrogen-bond acceptors (Lipinski definition) is 3. The Morgan fingerprint density at radius 2 is 2.10 bits per heavy atom. The van der Waals surface area contributed by atoms with Gasteiger partial charge in [0.1, 0.15) is 5.75 Å². The predicted octanol–water partition coefficient (Wildman–Crippen LogP) is 3.13. The third-order valence-electron chi connectivity index (χ3n) is 3.97. The molecule has 2 rings (SSSR count). The Kier molecular flexibility index (Phi) is 5.02. The van der Waals surface area contributed by atoms with Crippen LogP contribution >= 0.6 is 0 Å². The second-order valence-corrected chi connectivity index (χ2v) is 5.45. The molecule has 1 N–H and O–H groups in total. The lowest BCUT2D eigenvalue weighted by Crippen LogP contribution is -2.25. The molecule has 1 heterocycles. The van der Waals surface area contributed by atoms with E-state index in [1.165, 1.54) is 11.1 Å². The zero-order chi connectivity index (χ0) is 15.4. The lowest BCUT2D eigenvalue weighted by atomic mass is 9.97. The van der Waals surface area contributed by atoms with Gasteiger partial charge >= 0.3 is 0 Å². The Balaban J connectivity index is 2.51. The standard InChI is InChI=1S/C17H25N3O/c1-6-9-19-16(15-10-18-11-20(15)4)14-8-7-12(2)13(3)17(14)21-5/h7-8,10-11,16,19H,6,9H2,1-5H3. The third kappa shape index (κ3) is 3.10. The van der Waals surface area contributed by atoms with E-state index < -0.39 is 0 Å². The minimum absolute atomic E-state index is 0.0895. The van der Waals surface area contributed by atoms with Crippen molar-refractivity contribution in [1.82, 2.24) is 14.9 Å². The molecule has 0 saturated carbocycles. The highest BCUT2D eigenvalue weighted by molar-refractivity contribution is 5.48. The van der Waals surface area contributed by atoms with Gasteiger partial charge in [-0.1, -0.05) is 19.1 Å². The summed E-state index contributed by atoms with van der Waals surface area (Å²) in [5.74, 6) is 0.963. The number of aromatic nitrogens is 2. The first-order valence-electron chi connectivity index (χ1n) is 7.43. The van der Waals surface area contributed by atoms with E-state index in [4.69, 9.17) is 4.74 Å². The number of benzene rings is 1. The average molecular weight is 287 g/mol. The zero-order valence-corrected chi connectivity index (χ0v) is 13.6. The number of hydrogen-bond donors (Lipinski definition) is 1. The maximum atomic E-state index is 5.69. The van der Waals surface area contributed by atoms with E-state index in [2.05, 4.69) is 47.8 Å². The molecule has 0 radical (unpaired) electrons. The number of ether oxygens (including phenoxy) is 1. The van der Waals surface area contributed by atoms with Crippen molar-refractivity contribution in [3.63, 3.8) is 0 Å². The van der Waals surface area contributed by atoms with E-state index in [1.807, 2.05) is 19.6 Å². The van der Waals surface area contributed by atoms with Gasteiger partial charge in [-0.25, -0.2) is 4.98 Å². The van der Waals surface area contributed by atoms with E-state index in [9.17, 15) is 0 Å². The molecule has 1 unspecified atom stereocenters. The fourth-order valence-corrected chi connectivity index (χ4v) is 2.62. The zero-order valence-electron chi connectivity index (χ0n) is 13.6. The summed E-state index contributed by atoms with van der Waals surface area (Å²) >= 11 is 0. The van der Waals surface area contributed by atoms with E-state index in [0.717, 1.165) is 30.0 Å². The van der Waals surface area contributed by atoms with E-state index in [0.29, 0.717) is 0 Å². The highest BCUT2D eigenvalue weighted by Crippen LogP contribution is 2.33. The summed E-state index contributed by atoms with van der Waals surface area (Å²) in [6.07, 6.45) is 4.84. The van der Waals surface area contributed by atoms with Crippen molar-refractivity contribution in [2.45, 2.75) is 33.2 Å². The molecule has 0 aliphatic heterocycles. The minimum atomic E-state index is 0.0895. The number of aryl methyl sites for hydroxylation is 2. The average Bonchev–Trinajstić information content (AvgIpc) is 2.89. The molecule has 0 amide bonds. The maximum absolute atomic E-state index is 5.69. The van der Waals surface area contributed by atoms with E-state index in [-0.39, 0.29) is 6.04 Å². The molecular formula is C17H25N3O. The first-order chi connectivity index (χ1) is 10.1. The highest BCUT2D eigenvalue weighted by atomic mass is 16.5. The molecule has 1 aromatic carbocycles. The van der Waals surface area contributed by atoms with Crippen LogP contribution in [0.3, 0.4) is 0 Å². The van der Waals surface area contributed by atoms with Crippen LogP contribution in [0.5, 0.6) is 5.75 Å². The molecule has 0 saturated heterocycles. The molecule has 0 bridgehead atoms. The molecule has 1 atom stereocenters. The van der Waals surface area contributed by atoms with Gasteiger partial charge in [0.2, 0.25) is 0 Å². The Bertz CT molecular complexity index is 604. The second kappa shape index (κ2) is 6.76. The topological polar surface area (TPSA) is 39.1 Å². The van der Waals surface area contributed by atoms with Gasteiger partial charge in [0.05, 0.1) is 31.4 Å². The van der Waals surface area contributed by atoms with Gasteiger partial charge in [-0.15, -0.1) is 0 Å². The molecule has 4 heteroatoms. The summed E-state index contributed by atoms with van der Waals surface area (Å²) in [5, 5.41) is 3.61. The first-order valence-corrected chi connectivity index (χ1v) is 7.43. The van der Waals surface area contributed by atoms with Crippen molar-refractivity contribution >= 4 is 0 Å². The second-order valence-electron chi connectivity index (χ2n) is 5.45. The number of nitrogens with zero attached hydrogens (tertiary/aromatic N) is 2. The SMILES string of the molecule is CCCNC(c1ccc(C)c(C)c1OC)c1cncn1C. The third-order valence-corrected chi connectivity index (χ3v) is 3.97. The summed E-state index contributed by atoms with van der Waals surface area (Å²) in [7, 11) is 3.77. The quantitative estimate of drug-likeness (QED) is 0.887. The van der Waals surface area contributed by atoms with Gasteiger partial charge in [0.15, 0.2) is 0 Å². The Labute approximate surface area is 127 Å². The van der Waals surface area contributed by atoms with Crippen LogP contribution in [-0.2, 0) is 7.05 Å². The fraction of sp³-hybridized carbons (Fsp3) is 0.471. The maximum Gasteiger partial charge on any atom is 0.127 e. The van der Waals surface area contributed by atoms with Crippen LogP contribution in [0, 0.1) is 13.8 Å². The molecule has 0 fully saturated rings. The van der Waals surface area contributed by atoms with Gasteiger partial charge < -0.3 is 14.6 Å². The van der Waals surface area contributed by atoms with Gasteiger partial charge in [0.25, 0.3) is 0 Å². The molecular weight excluding hydrogens is 262 g/mol. The molecule has 0 aliphatic carbocycles. The summed E-state index contributed by atoms with van der Waals surface area (Å²) in [6, 6.07) is 4.40. The summed E-state index contributed by atoms with van der Waals surface area (Å²) in [4.78, 5) is 4.25. The van der Waals surface area contributed by atoms with Crippen LogP contribution in [-0.4, -0.2) is 23.2 Å². The van der Waals surface area contributed by atoms with Crippen molar-refractivity contribution in [1.29, 1.82) is 0 Å². The monoisotopic (exact) mass is 287 g/mol. The molecule has 1 aromatic heterocycles. The van der Waals surface area contributed by atoms with Crippen LogP contribution in [0.1, 0.15) is 41.8 Å². The van der Waals surface area contributed by atoms with Crippen LogP contribution in [0.25, 0.3) is 0 Å². The van der Waals surface area contributed by atoms with E-state index >= 15 is 0 Å². The summed E-state index contributed by atoms with van der Waals surface area (Å²) < 4.78 is 7.74. The number of imidazole rings is 1. The lowest BCUT2D eigenvalue weighted by Gasteiger charge is -2.23. The molecule has 114 valence electrons. The molecule has 21 heavy (non-hydrogen) atoms. The summed E-state index contributed by atoms with van der Waals surface area (Å²) in [6.45, 7) is 7.34. The van der Waals surface area contributed by atoms with Crippen LogP contribution in [0.4, 0.5) is 0 Å². The van der Waals surface area contributed by atoms with E-state index in [1.54, 1.807) is 7.11 Å². The van der Waals surface area contributed by atoms with Crippen molar-refractivity contribution in [2.24, 2.45) is 7.05 Å².